The number of nitrogens with zero attached hydrogens (tertiary/aromatic N) is 1. The van der Waals surface area contributed by atoms with Gasteiger partial charge in [0.1, 0.15) is 16.5 Å². The van der Waals surface area contributed by atoms with Crippen molar-refractivity contribution < 1.29 is 14.3 Å². The average Bonchev–Trinajstić information content (AvgIpc) is 3.18. The van der Waals surface area contributed by atoms with Crippen molar-refractivity contribution in [2.45, 2.75) is 0 Å². The molecule has 0 saturated heterocycles. The topological polar surface area (TPSA) is 60.5 Å². The van der Waals surface area contributed by atoms with Crippen LogP contribution in [0.3, 0.4) is 0 Å². The lowest BCUT2D eigenvalue weighted by Gasteiger charge is -2.11. The minimum Gasteiger partial charge on any atom is -0.497 e. The van der Waals surface area contributed by atoms with Crippen molar-refractivity contribution >= 4 is 49.1 Å². The maximum atomic E-state index is 12.5. The van der Waals surface area contributed by atoms with Crippen LogP contribution in [0.1, 0.15) is 0 Å². The Morgan fingerprint density at radius 2 is 1.83 bits per heavy atom. The van der Waals surface area contributed by atoms with E-state index in [0.29, 0.717) is 11.4 Å². The molecule has 1 aromatic heterocycles. The van der Waals surface area contributed by atoms with Crippen LogP contribution in [0.5, 0.6) is 11.5 Å². The number of para-hydroxylation sites is 1. The number of anilines is 1. The predicted octanol–water partition coefficient (Wildman–Crippen LogP) is 5.75. The van der Waals surface area contributed by atoms with E-state index in [0.717, 1.165) is 31.0 Å². The molecule has 0 aliphatic heterocycles. The number of rotatable bonds is 6. The van der Waals surface area contributed by atoms with Gasteiger partial charge < -0.3 is 14.8 Å². The van der Waals surface area contributed by atoms with Gasteiger partial charge in [0.05, 0.1) is 23.0 Å². The van der Waals surface area contributed by atoms with E-state index in [9.17, 15) is 4.79 Å². The minimum absolute atomic E-state index is 0.0956. The number of ether oxygens (including phenoxy) is 2. The molecule has 4 rings (SSSR count). The first kappa shape index (κ1) is 19.4. The first-order valence-electron chi connectivity index (χ1n) is 8.84. The highest BCUT2D eigenvalue weighted by molar-refractivity contribution is 9.10. The Morgan fingerprint density at radius 1 is 1.07 bits per heavy atom. The highest BCUT2D eigenvalue weighted by Crippen LogP contribution is 2.36. The Morgan fingerprint density at radius 3 is 2.59 bits per heavy atom. The van der Waals surface area contributed by atoms with Crippen LogP contribution in [-0.4, -0.2) is 24.6 Å². The second kappa shape index (κ2) is 8.63. The number of nitrogens with one attached hydrogen (secondary N) is 1. The normalized spacial score (nSPS) is 10.7. The van der Waals surface area contributed by atoms with Gasteiger partial charge in [-0.3, -0.25) is 4.79 Å². The van der Waals surface area contributed by atoms with Gasteiger partial charge >= 0.3 is 0 Å². The molecule has 5 nitrogen and oxygen atoms in total. The molecule has 0 atom stereocenters. The van der Waals surface area contributed by atoms with Gasteiger partial charge in [-0.15, -0.1) is 11.3 Å². The van der Waals surface area contributed by atoms with Crippen LogP contribution < -0.4 is 14.8 Å². The van der Waals surface area contributed by atoms with E-state index in [1.807, 2.05) is 42.5 Å². The molecular weight excluding hydrogens is 452 g/mol. The summed E-state index contributed by atoms with van der Waals surface area (Å²) in [7, 11) is 1.60. The number of carbonyl (C=O) groups excluding carboxylic acids is 1. The highest BCUT2D eigenvalue weighted by Gasteiger charge is 2.14. The van der Waals surface area contributed by atoms with E-state index in [4.69, 9.17) is 14.5 Å². The van der Waals surface area contributed by atoms with E-state index in [1.54, 1.807) is 42.7 Å². The zero-order valence-corrected chi connectivity index (χ0v) is 17.9. The summed E-state index contributed by atoms with van der Waals surface area (Å²) in [5.41, 5.74) is 2.49. The quantitative estimate of drug-likeness (QED) is 0.391. The molecule has 0 radical (unpaired) electrons. The molecule has 7 heteroatoms. The number of hydrogen-bond acceptors (Lipinski definition) is 5. The third-order valence-electron chi connectivity index (χ3n) is 4.21. The second-order valence-corrected chi connectivity index (χ2v) is 8.14. The predicted molar refractivity (Wildman–Crippen MR) is 120 cm³/mol. The number of carbonyl (C=O) groups is 1. The smallest absolute Gasteiger partial charge is 0.262 e. The summed E-state index contributed by atoms with van der Waals surface area (Å²) in [5.74, 6) is 1.09. The Balaban J connectivity index is 1.51. The summed E-state index contributed by atoms with van der Waals surface area (Å²) in [5, 5.41) is 3.78. The van der Waals surface area contributed by atoms with E-state index in [2.05, 4.69) is 21.2 Å². The Bertz CT molecular complexity index is 1130. The molecule has 0 bridgehead atoms. The zero-order chi connectivity index (χ0) is 20.2. The van der Waals surface area contributed by atoms with Gasteiger partial charge in [-0.2, -0.15) is 0 Å². The number of aromatic nitrogens is 1. The van der Waals surface area contributed by atoms with Crippen LogP contribution in [-0.2, 0) is 4.79 Å². The lowest BCUT2D eigenvalue weighted by Crippen LogP contribution is -2.20. The van der Waals surface area contributed by atoms with Crippen LogP contribution in [0.4, 0.5) is 5.69 Å². The molecule has 1 heterocycles. The number of benzene rings is 3. The van der Waals surface area contributed by atoms with Gasteiger partial charge in [-0.05, 0) is 54.6 Å². The number of fused-ring (bicyclic) bond motifs is 1. The highest BCUT2D eigenvalue weighted by atomic mass is 79.9. The van der Waals surface area contributed by atoms with Crippen LogP contribution >= 0.6 is 27.3 Å². The van der Waals surface area contributed by atoms with E-state index < -0.39 is 0 Å². The molecule has 1 N–H and O–H groups in total. The van der Waals surface area contributed by atoms with Crippen LogP contribution in [0.25, 0.3) is 20.8 Å². The third-order valence-corrected chi connectivity index (χ3v) is 5.77. The minimum atomic E-state index is -0.245. The first-order valence-corrected chi connectivity index (χ1v) is 10.5. The summed E-state index contributed by atoms with van der Waals surface area (Å²) in [6.07, 6.45) is 0. The number of halogens is 1. The molecule has 4 aromatic rings. The molecule has 29 heavy (non-hydrogen) atoms. The summed E-state index contributed by atoms with van der Waals surface area (Å²) in [4.78, 5) is 17.2. The Labute approximate surface area is 180 Å². The largest absolute Gasteiger partial charge is 0.497 e. The van der Waals surface area contributed by atoms with Crippen molar-refractivity contribution in [1.82, 2.24) is 4.98 Å². The number of hydrogen-bond donors (Lipinski definition) is 1. The first-order chi connectivity index (χ1) is 14.1. The maximum absolute atomic E-state index is 12.5. The zero-order valence-electron chi connectivity index (χ0n) is 15.5. The van der Waals surface area contributed by atoms with Gasteiger partial charge in [0.15, 0.2) is 6.61 Å². The van der Waals surface area contributed by atoms with Gasteiger partial charge in [0, 0.05) is 10.0 Å². The molecule has 3 aromatic carbocycles. The molecule has 0 spiro atoms. The van der Waals surface area contributed by atoms with Crippen molar-refractivity contribution in [3.63, 3.8) is 0 Å². The van der Waals surface area contributed by atoms with Gasteiger partial charge in [-0.25, -0.2) is 4.98 Å². The molecular formula is C22H17BrN2O3S. The van der Waals surface area contributed by atoms with Crippen molar-refractivity contribution in [1.29, 1.82) is 0 Å². The Hall–Kier alpha value is -2.90. The second-order valence-electron chi connectivity index (χ2n) is 6.19. The summed E-state index contributed by atoms with van der Waals surface area (Å²) in [6, 6.07) is 20.8. The Kier molecular flexibility index (Phi) is 5.78. The van der Waals surface area contributed by atoms with E-state index in [-0.39, 0.29) is 12.5 Å². The SMILES string of the molecule is COc1ccc(OCC(=O)Nc2ccc(Br)cc2-c2nc3ccccc3s2)cc1. The fourth-order valence-electron chi connectivity index (χ4n) is 2.80. The van der Waals surface area contributed by atoms with Crippen molar-refractivity contribution in [3.05, 3.63) is 71.2 Å². The monoisotopic (exact) mass is 468 g/mol. The molecule has 0 fully saturated rings. The van der Waals surface area contributed by atoms with E-state index in [1.165, 1.54) is 0 Å². The third kappa shape index (κ3) is 4.58. The molecule has 0 saturated carbocycles. The summed E-state index contributed by atoms with van der Waals surface area (Å²) < 4.78 is 12.7. The van der Waals surface area contributed by atoms with Crippen molar-refractivity contribution in [2.24, 2.45) is 0 Å². The van der Waals surface area contributed by atoms with Gasteiger partial charge in [-0.1, -0.05) is 28.1 Å². The van der Waals surface area contributed by atoms with Gasteiger partial charge in [0.2, 0.25) is 0 Å². The fourth-order valence-corrected chi connectivity index (χ4v) is 4.15. The summed E-state index contributed by atoms with van der Waals surface area (Å²) in [6.45, 7) is -0.0956. The fraction of sp³-hybridized carbons (Fsp3) is 0.0909. The lowest BCUT2D eigenvalue weighted by atomic mass is 10.2. The lowest BCUT2D eigenvalue weighted by molar-refractivity contribution is -0.118. The molecule has 0 aliphatic carbocycles. The molecule has 1 amide bonds. The van der Waals surface area contributed by atoms with Crippen LogP contribution in [0.15, 0.2) is 71.2 Å². The number of methoxy groups -OCH3 is 1. The number of amides is 1. The standard InChI is InChI=1S/C22H17BrN2O3S/c1-27-15-7-9-16(10-8-15)28-13-21(26)24-18-11-6-14(23)12-17(18)22-25-19-4-2-3-5-20(19)29-22/h2-12H,13H2,1H3,(H,24,26). The van der Waals surface area contributed by atoms with Gasteiger partial charge in [0.25, 0.3) is 5.91 Å². The maximum Gasteiger partial charge on any atom is 0.262 e. The summed E-state index contributed by atoms with van der Waals surface area (Å²) >= 11 is 5.09. The van der Waals surface area contributed by atoms with E-state index >= 15 is 0 Å². The van der Waals surface area contributed by atoms with Crippen LogP contribution in [0, 0.1) is 0 Å². The molecule has 0 aliphatic rings. The molecule has 146 valence electrons. The van der Waals surface area contributed by atoms with Crippen molar-refractivity contribution in [2.75, 3.05) is 19.0 Å². The molecule has 0 unspecified atom stereocenters. The number of thiazole rings is 1. The average molecular weight is 469 g/mol. The van der Waals surface area contributed by atoms with Crippen molar-refractivity contribution in [3.8, 4) is 22.1 Å². The van der Waals surface area contributed by atoms with Crippen LogP contribution in [0.2, 0.25) is 0 Å².